The molecule has 3 aliphatic rings. The van der Waals surface area contributed by atoms with Crippen molar-refractivity contribution in [2.75, 3.05) is 13.1 Å². The molecule has 2 aliphatic heterocycles. The quantitative estimate of drug-likeness (QED) is 0.287. The van der Waals surface area contributed by atoms with Gasteiger partial charge in [0.25, 0.3) is 0 Å². The van der Waals surface area contributed by atoms with Crippen molar-refractivity contribution in [1.29, 1.82) is 0 Å². The zero-order valence-electron chi connectivity index (χ0n) is 23.2. The summed E-state index contributed by atoms with van der Waals surface area (Å²) in [6.45, 7) is 7.20. The molecule has 1 saturated heterocycles. The monoisotopic (exact) mass is 534 g/mol. The van der Waals surface area contributed by atoms with Crippen LogP contribution in [-0.2, 0) is 17.6 Å². The van der Waals surface area contributed by atoms with E-state index in [2.05, 4.69) is 57.5 Å². The first-order chi connectivity index (χ1) is 19.3. The number of fused-ring (bicyclic) bond motifs is 4. The predicted octanol–water partition coefficient (Wildman–Crippen LogP) is 5.83. The summed E-state index contributed by atoms with van der Waals surface area (Å²) in [5.74, 6) is 8.07. The number of ether oxygens (including phenoxy) is 1. The van der Waals surface area contributed by atoms with Crippen LogP contribution in [-0.4, -0.2) is 49.6 Å². The number of aromatic nitrogens is 4. The lowest BCUT2D eigenvalue weighted by Gasteiger charge is -2.31. The molecule has 8 nitrogen and oxygen atoms in total. The third-order valence-corrected chi connectivity index (χ3v) is 7.94. The van der Waals surface area contributed by atoms with Crippen molar-refractivity contribution in [1.82, 2.24) is 30.2 Å². The molecule has 2 aromatic carbocycles. The number of nitrogens with zero attached hydrogens (tertiary/aromatic N) is 3. The molecule has 1 fully saturated rings. The Bertz CT molecular complexity index is 1670. The van der Waals surface area contributed by atoms with Gasteiger partial charge in [0.05, 0.1) is 22.8 Å². The normalized spacial score (nSPS) is 20.1. The number of carbonyl (C=O) groups is 1. The van der Waals surface area contributed by atoms with E-state index in [1.807, 2.05) is 26.8 Å². The second-order valence-corrected chi connectivity index (χ2v) is 12.0. The summed E-state index contributed by atoms with van der Waals surface area (Å²) in [4.78, 5) is 31.4. The Kier molecular flexibility index (Phi) is 5.93. The van der Waals surface area contributed by atoms with Gasteiger partial charge in [0.2, 0.25) is 0 Å². The third kappa shape index (κ3) is 4.54. The summed E-state index contributed by atoms with van der Waals surface area (Å²) in [5, 5.41) is 3.56. The van der Waals surface area contributed by atoms with Gasteiger partial charge in [-0.2, -0.15) is 0 Å². The molecule has 0 bridgehead atoms. The highest BCUT2D eigenvalue weighted by Crippen LogP contribution is 2.37. The van der Waals surface area contributed by atoms with Crippen molar-refractivity contribution in [3.8, 4) is 34.2 Å². The number of H-pyrrole nitrogens is 2. The van der Waals surface area contributed by atoms with E-state index in [1.54, 1.807) is 4.90 Å². The number of rotatable bonds is 3. The molecule has 40 heavy (non-hydrogen) atoms. The van der Waals surface area contributed by atoms with Gasteiger partial charge < -0.3 is 20.0 Å². The molecule has 4 heterocycles. The standard InChI is InChI=1S/C32H34N6O2/c1-32(2,3)40-31(39)38-16-5-4-8-27(38)30-34-23-13-10-20(18-26(23)36-30)19-9-12-22-21(17-19)11-14-24-28(22)37-29(35-24)25-7-6-15-33-25/h9-10,12-13,17-18,25,27,33H,5-7,11,14-16H2,1-3H3,(H,34,36)(H,35,37)/t25-,27-/m0/s1. The average Bonchev–Trinajstić information content (AvgIpc) is 3.70. The molecule has 2 aromatic heterocycles. The van der Waals surface area contributed by atoms with Crippen molar-refractivity contribution in [2.24, 2.45) is 0 Å². The number of carbonyl (C=O) groups excluding carboxylic acids is 1. The first-order valence-electron chi connectivity index (χ1n) is 14.3. The summed E-state index contributed by atoms with van der Waals surface area (Å²) in [5.41, 5.74) is 8.40. The van der Waals surface area contributed by atoms with E-state index >= 15 is 0 Å². The second-order valence-electron chi connectivity index (χ2n) is 12.0. The minimum absolute atomic E-state index is 0.343. The molecule has 2 atom stereocenters. The van der Waals surface area contributed by atoms with Crippen LogP contribution >= 0.6 is 0 Å². The second kappa shape index (κ2) is 9.53. The van der Waals surface area contributed by atoms with Crippen molar-refractivity contribution in [3.05, 3.63) is 59.3 Å². The van der Waals surface area contributed by atoms with E-state index in [0.29, 0.717) is 24.8 Å². The minimum atomic E-state index is -0.571. The molecule has 8 heteroatoms. The van der Waals surface area contributed by atoms with Crippen LogP contribution in [0.5, 0.6) is 0 Å². The summed E-state index contributed by atoms with van der Waals surface area (Å²) in [7, 11) is 0. The van der Waals surface area contributed by atoms with Crippen LogP contribution in [0.1, 0.15) is 75.0 Å². The van der Waals surface area contributed by atoms with E-state index in [1.165, 1.54) is 28.8 Å². The van der Waals surface area contributed by atoms with Crippen LogP contribution in [0.25, 0.3) is 33.4 Å². The fourth-order valence-electron chi connectivity index (χ4n) is 6.01. The highest BCUT2D eigenvalue weighted by Gasteiger charge is 2.31. The third-order valence-electron chi connectivity index (χ3n) is 7.94. The first kappa shape index (κ1) is 24.9. The van der Waals surface area contributed by atoms with E-state index in [0.717, 1.165) is 53.9 Å². The van der Waals surface area contributed by atoms with Gasteiger partial charge >= 0.3 is 6.09 Å². The minimum Gasteiger partial charge on any atom is -0.444 e. The number of aromatic amines is 2. The van der Waals surface area contributed by atoms with E-state index in [-0.39, 0.29) is 6.09 Å². The number of hydrogen-bond acceptors (Lipinski definition) is 5. The Hall–Kier alpha value is -4.09. The number of nitrogens with one attached hydrogen (secondary N) is 3. The van der Waals surface area contributed by atoms with Gasteiger partial charge in [-0.25, -0.2) is 14.8 Å². The number of imidazole rings is 2. The Morgan fingerprint density at radius 2 is 1.90 bits per heavy atom. The molecule has 0 saturated carbocycles. The van der Waals surface area contributed by atoms with Gasteiger partial charge in [-0.05, 0) is 81.8 Å². The molecule has 3 N–H and O–H groups in total. The Morgan fingerprint density at radius 1 is 1.05 bits per heavy atom. The van der Waals surface area contributed by atoms with Gasteiger partial charge in [0, 0.05) is 24.2 Å². The van der Waals surface area contributed by atoms with E-state index in [9.17, 15) is 4.79 Å². The van der Waals surface area contributed by atoms with E-state index < -0.39 is 11.6 Å². The van der Waals surface area contributed by atoms with Crippen LogP contribution in [0.3, 0.4) is 0 Å². The lowest BCUT2D eigenvalue weighted by atomic mass is 9.89. The van der Waals surface area contributed by atoms with Crippen molar-refractivity contribution >= 4 is 17.1 Å². The van der Waals surface area contributed by atoms with Crippen LogP contribution in [0.4, 0.5) is 4.79 Å². The van der Waals surface area contributed by atoms with Crippen molar-refractivity contribution in [3.63, 3.8) is 0 Å². The van der Waals surface area contributed by atoms with E-state index in [4.69, 9.17) is 14.7 Å². The number of benzene rings is 2. The molecule has 0 unspecified atom stereocenters. The van der Waals surface area contributed by atoms with Crippen LogP contribution in [0.2, 0.25) is 0 Å². The first-order valence-corrected chi connectivity index (χ1v) is 14.3. The number of aryl methyl sites for hydroxylation is 2. The Morgan fingerprint density at radius 3 is 2.73 bits per heavy atom. The SMILES string of the molecule is CC(C)(C)OC(=O)N1CCC#C[C@H]1c1nc2ccc(-c3ccc4c(c3)CCc3[nH]c([C@@H]5CCCN5)nc3-4)cc2[nH]1. The lowest BCUT2D eigenvalue weighted by Crippen LogP contribution is -2.41. The molecular weight excluding hydrogens is 500 g/mol. The zero-order valence-corrected chi connectivity index (χ0v) is 23.2. The fraction of sp³-hybridized carbons (Fsp3) is 0.406. The zero-order chi connectivity index (χ0) is 27.4. The molecule has 7 rings (SSSR count). The smallest absolute Gasteiger partial charge is 0.411 e. The molecule has 1 aliphatic carbocycles. The van der Waals surface area contributed by atoms with Gasteiger partial charge in [0.1, 0.15) is 17.2 Å². The molecule has 4 aromatic rings. The largest absolute Gasteiger partial charge is 0.444 e. The van der Waals surface area contributed by atoms with Crippen LogP contribution < -0.4 is 5.32 Å². The van der Waals surface area contributed by atoms with Gasteiger partial charge in [-0.15, -0.1) is 0 Å². The predicted molar refractivity (Wildman–Crippen MR) is 155 cm³/mol. The summed E-state index contributed by atoms with van der Waals surface area (Å²) in [6, 6.07) is 12.9. The highest BCUT2D eigenvalue weighted by molar-refractivity contribution is 5.83. The number of hydrogen-bond donors (Lipinski definition) is 3. The van der Waals surface area contributed by atoms with Crippen LogP contribution in [0.15, 0.2) is 36.4 Å². The van der Waals surface area contributed by atoms with Crippen molar-refractivity contribution < 1.29 is 9.53 Å². The summed E-state index contributed by atoms with van der Waals surface area (Å²) >= 11 is 0. The van der Waals surface area contributed by atoms with Crippen molar-refractivity contribution in [2.45, 2.75) is 70.6 Å². The molecule has 204 valence electrons. The maximum absolute atomic E-state index is 12.9. The molecule has 0 spiro atoms. The Labute approximate surface area is 233 Å². The maximum Gasteiger partial charge on any atom is 0.411 e. The highest BCUT2D eigenvalue weighted by atomic mass is 16.6. The fourth-order valence-corrected chi connectivity index (χ4v) is 6.01. The molecule has 0 radical (unpaired) electrons. The molecular formula is C32H34N6O2. The maximum atomic E-state index is 12.9. The topological polar surface area (TPSA) is 98.9 Å². The number of amides is 1. The van der Waals surface area contributed by atoms with Gasteiger partial charge in [-0.3, -0.25) is 4.90 Å². The molecule has 1 amide bonds. The van der Waals surface area contributed by atoms with Gasteiger partial charge in [0.15, 0.2) is 6.04 Å². The Balaban J connectivity index is 1.17. The van der Waals surface area contributed by atoms with Crippen LogP contribution in [0, 0.1) is 11.8 Å². The lowest BCUT2D eigenvalue weighted by molar-refractivity contribution is 0.0197. The summed E-state index contributed by atoms with van der Waals surface area (Å²) in [6.07, 6.45) is 4.57. The van der Waals surface area contributed by atoms with Gasteiger partial charge in [-0.1, -0.05) is 36.1 Å². The average molecular weight is 535 g/mol. The summed E-state index contributed by atoms with van der Waals surface area (Å²) < 4.78 is 5.64.